The Labute approximate surface area is 108 Å². The first-order valence-electron chi connectivity index (χ1n) is 6.94. The van der Waals surface area contributed by atoms with Crippen molar-refractivity contribution >= 4 is 10.8 Å². The molecule has 2 N–H and O–H groups in total. The second-order valence-electron chi connectivity index (χ2n) is 5.37. The predicted octanol–water partition coefficient (Wildman–Crippen LogP) is 3.81. The fourth-order valence-electron chi connectivity index (χ4n) is 3.17. The molecule has 0 amide bonds. The van der Waals surface area contributed by atoms with Crippen molar-refractivity contribution in [1.82, 2.24) is 4.98 Å². The minimum Gasteiger partial charge on any atom is -0.324 e. The van der Waals surface area contributed by atoms with Gasteiger partial charge in [0.25, 0.3) is 0 Å². The molecule has 0 saturated heterocycles. The summed E-state index contributed by atoms with van der Waals surface area (Å²) in [6.07, 6.45) is 10.4. The van der Waals surface area contributed by atoms with E-state index < -0.39 is 0 Å². The van der Waals surface area contributed by atoms with Gasteiger partial charge in [0, 0.05) is 23.8 Å². The van der Waals surface area contributed by atoms with Gasteiger partial charge in [-0.2, -0.15) is 0 Å². The summed E-state index contributed by atoms with van der Waals surface area (Å²) in [5, 5.41) is 2.46. The Morgan fingerprint density at radius 1 is 1.11 bits per heavy atom. The molecule has 1 saturated carbocycles. The van der Waals surface area contributed by atoms with E-state index in [9.17, 15) is 0 Å². The molecule has 1 aromatic carbocycles. The fraction of sp³-hybridized carbons (Fsp3) is 0.438. The lowest BCUT2D eigenvalue weighted by atomic mass is 9.80. The van der Waals surface area contributed by atoms with Crippen molar-refractivity contribution in [1.29, 1.82) is 0 Å². The zero-order valence-corrected chi connectivity index (χ0v) is 10.7. The molecule has 1 aliphatic carbocycles. The summed E-state index contributed by atoms with van der Waals surface area (Å²) in [5.41, 5.74) is 7.78. The van der Waals surface area contributed by atoms with Crippen LogP contribution in [0, 0.1) is 5.92 Å². The molecule has 1 unspecified atom stereocenters. The van der Waals surface area contributed by atoms with E-state index in [1.165, 1.54) is 48.4 Å². The lowest BCUT2D eigenvalue weighted by molar-refractivity contribution is 0.309. The number of aromatic nitrogens is 1. The Hall–Kier alpha value is -1.41. The molecular weight excluding hydrogens is 220 g/mol. The molecule has 0 bridgehead atoms. The number of fused-ring (bicyclic) bond motifs is 1. The SMILES string of the molecule is NC(c1cccc2ccncc12)C1CCCCC1. The maximum atomic E-state index is 6.51. The van der Waals surface area contributed by atoms with E-state index in [1.54, 1.807) is 0 Å². The predicted molar refractivity (Wildman–Crippen MR) is 75.2 cm³/mol. The summed E-state index contributed by atoms with van der Waals surface area (Å²) in [7, 11) is 0. The minimum absolute atomic E-state index is 0.165. The van der Waals surface area contributed by atoms with Crippen LogP contribution in [0.2, 0.25) is 0 Å². The molecule has 0 spiro atoms. The third kappa shape index (κ3) is 2.13. The van der Waals surface area contributed by atoms with Gasteiger partial charge in [0.15, 0.2) is 0 Å². The number of benzene rings is 1. The van der Waals surface area contributed by atoms with Gasteiger partial charge in [-0.05, 0) is 35.8 Å². The molecule has 94 valence electrons. The van der Waals surface area contributed by atoms with Gasteiger partial charge in [0.05, 0.1) is 0 Å². The number of nitrogens with zero attached hydrogens (tertiary/aromatic N) is 1. The monoisotopic (exact) mass is 240 g/mol. The Morgan fingerprint density at radius 2 is 1.94 bits per heavy atom. The molecule has 2 heteroatoms. The van der Waals surface area contributed by atoms with E-state index in [4.69, 9.17) is 5.73 Å². The van der Waals surface area contributed by atoms with Crippen LogP contribution in [0.15, 0.2) is 36.7 Å². The van der Waals surface area contributed by atoms with E-state index in [-0.39, 0.29) is 6.04 Å². The highest BCUT2D eigenvalue weighted by Crippen LogP contribution is 2.35. The van der Waals surface area contributed by atoms with Crippen molar-refractivity contribution in [3.05, 3.63) is 42.2 Å². The standard InChI is InChI=1S/C16H20N2/c17-16(13-5-2-1-3-6-13)14-8-4-7-12-9-10-18-11-15(12)14/h4,7-11,13,16H,1-3,5-6,17H2. The van der Waals surface area contributed by atoms with Crippen LogP contribution in [0.1, 0.15) is 43.7 Å². The number of pyridine rings is 1. The van der Waals surface area contributed by atoms with Crippen molar-refractivity contribution in [2.45, 2.75) is 38.1 Å². The molecular formula is C16H20N2. The third-order valence-electron chi connectivity index (χ3n) is 4.23. The second kappa shape index (κ2) is 5.07. The molecule has 1 atom stereocenters. The second-order valence-corrected chi connectivity index (χ2v) is 5.37. The molecule has 3 rings (SSSR count). The first-order valence-corrected chi connectivity index (χ1v) is 6.94. The molecule has 0 aliphatic heterocycles. The summed E-state index contributed by atoms with van der Waals surface area (Å²) in [6.45, 7) is 0. The number of hydrogen-bond donors (Lipinski definition) is 1. The molecule has 1 fully saturated rings. The highest BCUT2D eigenvalue weighted by molar-refractivity contribution is 5.85. The van der Waals surface area contributed by atoms with Crippen LogP contribution >= 0.6 is 0 Å². The van der Waals surface area contributed by atoms with Crippen LogP contribution < -0.4 is 5.73 Å². The van der Waals surface area contributed by atoms with Gasteiger partial charge >= 0.3 is 0 Å². The minimum atomic E-state index is 0.165. The number of nitrogens with two attached hydrogens (primary N) is 1. The quantitative estimate of drug-likeness (QED) is 0.866. The lowest BCUT2D eigenvalue weighted by Gasteiger charge is -2.28. The van der Waals surface area contributed by atoms with Crippen molar-refractivity contribution in [2.24, 2.45) is 11.7 Å². The van der Waals surface area contributed by atoms with Crippen LogP contribution in [-0.4, -0.2) is 4.98 Å². The van der Waals surface area contributed by atoms with E-state index in [1.807, 2.05) is 12.4 Å². The van der Waals surface area contributed by atoms with E-state index in [2.05, 4.69) is 29.2 Å². The van der Waals surface area contributed by atoms with Gasteiger partial charge in [-0.15, -0.1) is 0 Å². The van der Waals surface area contributed by atoms with E-state index >= 15 is 0 Å². The van der Waals surface area contributed by atoms with Crippen LogP contribution in [0.25, 0.3) is 10.8 Å². The molecule has 18 heavy (non-hydrogen) atoms. The normalized spacial score (nSPS) is 18.9. The van der Waals surface area contributed by atoms with Gasteiger partial charge in [-0.25, -0.2) is 0 Å². The van der Waals surface area contributed by atoms with Gasteiger partial charge in [0.2, 0.25) is 0 Å². The van der Waals surface area contributed by atoms with E-state index in [0.717, 1.165) is 0 Å². The van der Waals surface area contributed by atoms with E-state index in [0.29, 0.717) is 5.92 Å². The first kappa shape index (κ1) is 11.7. The van der Waals surface area contributed by atoms with Gasteiger partial charge in [-0.1, -0.05) is 37.5 Å². The van der Waals surface area contributed by atoms with Crippen molar-refractivity contribution in [3.8, 4) is 0 Å². The largest absolute Gasteiger partial charge is 0.324 e. The smallest absolute Gasteiger partial charge is 0.0349 e. The van der Waals surface area contributed by atoms with Crippen LogP contribution in [0.3, 0.4) is 0 Å². The third-order valence-corrected chi connectivity index (χ3v) is 4.23. The first-order chi connectivity index (χ1) is 8.86. The number of hydrogen-bond acceptors (Lipinski definition) is 2. The topological polar surface area (TPSA) is 38.9 Å². The zero-order chi connectivity index (χ0) is 12.4. The average molecular weight is 240 g/mol. The summed E-state index contributed by atoms with van der Waals surface area (Å²) >= 11 is 0. The Morgan fingerprint density at radius 3 is 2.78 bits per heavy atom. The molecule has 1 heterocycles. The highest BCUT2D eigenvalue weighted by atomic mass is 14.7. The van der Waals surface area contributed by atoms with Crippen molar-refractivity contribution < 1.29 is 0 Å². The van der Waals surface area contributed by atoms with Crippen LogP contribution in [0.5, 0.6) is 0 Å². The Bertz CT molecular complexity index is 524. The van der Waals surface area contributed by atoms with Gasteiger partial charge < -0.3 is 5.73 Å². The lowest BCUT2D eigenvalue weighted by Crippen LogP contribution is -2.23. The van der Waals surface area contributed by atoms with Crippen LogP contribution in [0.4, 0.5) is 0 Å². The van der Waals surface area contributed by atoms with Gasteiger partial charge in [-0.3, -0.25) is 4.98 Å². The van der Waals surface area contributed by atoms with Crippen molar-refractivity contribution in [3.63, 3.8) is 0 Å². The summed E-state index contributed by atoms with van der Waals surface area (Å²) in [6, 6.07) is 8.64. The summed E-state index contributed by atoms with van der Waals surface area (Å²) < 4.78 is 0. The summed E-state index contributed by atoms with van der Waals surface area (Å²) in [5.74, 6) is 0.643. The average Bonchev–Trinajstić information content (AvgIpc) is 2.47. The Balaban J connectivity index is 1.97. The summed E-state index contributed by atoms with van der Waals surface area (Å²) in [4.78, 5) is 4.25. The van der Waals surface area contributed by atoms with Crippen molar-refractivity contribution in [2.75, 3.05) is 0 Å². The molecule has 1 aliphatic rings. The Kier molecular flexibility index (Phi) is 3.28. The van der Waals surface area contributed by atoms with Gasteiger partial charge in [0.1, 0.15) is 0 Å². The number of rotatable bonds is 2. The maximum absolute atomic E-state index is 6.51. The highest BCUT2D eigenvalue weighted by Gasteiger charge is 2.22. The van der Waals surface area contributed by atoms with Crippen LogP contribution in [-0.2, 0) is 0 Å². The zero-order valence-electron chi connectivity index (χ0n) is 10.7. The molecule has 2 nitrogen and oxygen atoms in total. The molecule has 0 radical (unpaired) electrons. The maximum Gasteiger partial charge on any atom is 0.0349 e. The molecule has 2 aromatic rings. The molecule has 1 aromatic heterocycles. The fourth-order valence-corrected chi connectivity index (χ4v) is 3.17.